The summed E-state index contributed by atoms with van der Waals surface area (Å²) in [6.07, 6.45) is 0. The van der Waals surface area contributed by atoms with Crippen molar-refractivity contribution in [2.75, 3.05) is 11.4 Å². The van der Waals surface area contributed by atoms with Crippen molar-refractivity contribution in [3.05, 3.63) is 46.8 Å². The number of sulfonamides is 1. The minimum absolute atomic E-state index is 0.246. The van der Waals surface area contributed by atoms with Crippen molar-refractivity contribution in [3.8, 4) is 0 Å². The van der Waals surface area contributed by atoms with Gasteiger partial charge >= 0.3 is 0 Å². The van der Waals surface area contributed by atoms with Gasteiger partial charge in [0.15, 0.2) is 5.76 Å². The van der Waals surface area contributed by atoms with Gasteiger partial charge in [0.1, 0.15) is 4.91 Å². The molecule has 0 amide bonds. The van der Waals surface area contributed by atoms with Crippen molar-refractivity contribution in [3.63, 3.8) is 0 Å². The van der Waals surface area contributed by atoms with E-state index < -0.39 is 10.0 Å². The maximum atomic E-state index is 12.8. The van der Waals surface area contributed by atoms with E-state index in [0.717, 1.165) is 21.7 Å². The van der Waals surface area contributed by atoms with E-state index in [1.54, 1.807) is 7.05 Å². The third kappa shape index (κ3) is 1.58. The molecule has 2 aromatic rings. The molecule has 0 fully saturated rings. The number of hydrogen-bond acceptors (Lipinski definition) is 5. The van der Waals surface area contributed by atoms with Crippen LogP contribution in [0, 0.1) is 6.92 Å². The van der Waals surface area contributed by atoms with Gasteiger partial charge in [0.2, 0.25) is 0 Å². The zero-order chi connectivity index (χ0) is 14.8. The topological polar surface area (TPSA) is 63.4 Å². The summed E-state index contributed by atoms with van der Waals surface area (Å²) in [6, 6.07) is 7.51. The van der Waals surface area contributed by atoms with E-state index in [9.17, 15) is 8.42 Å². The molecular weight excluding hydrogens is 308 g/mol. The van der Waals surface area contributed by atoms with Gasteiger partial charge in [-0.1, -0.05) is 23.4 Å². The molecule has 21 heavy (non-hydrogen) atoms. The van der Waals surface area contributed by atoms with Crippen LogP contribution >= 0.6 is 11.8 Å². The molecule has 108 valence electrons. The van der Waals surface area contributed by atoms with Gasteiger partial charge < -0.3 is 4.52 Å². The van der Waals surface area contributed by atoms with Crippen LogP contribution in [0.1, 0.15) is 22.6 Å². The highest BCUT2D eigenvalue weighted by Gasteiger charge is 2.41. The van der Waals surface area contributed by atoms with Gasteiger partial charge in [-0.05, 0) is 13.0 Å². The Balaban J connectivity index is 2.12. The fourth-order valence-electron chi connectivity index (χ4n) is 2.69. The van der Waals surface area contributed by atoms with E-state index >= 15 is 0 Å². The number of nitrogens with zero attached hydrogens (tertiary/aromatic N) is 2. The lowest BCUT2D eigenvalue weighted by molar-refractivity contribution is 0.406. The molecule has 0 saturated heterocycles. The van der Waals surface area contributed by atoms with Gasteiger partial charge in [0, 0.05) is 28.8 Å². The fourth-order valence-corrected chi connectivity index (χ4v) is 5.80. The van der Waals surface area contributed by atoms with Crippen molar-refractivity contribution < 1.29 is 12.9 Å². The van der Waals surface area contributed by atoms with Crippen LogP contribution in [0.4, 0.5) is 5.69 Å². The monoisotopic (exact) mass is 320 g/mol. The van der Waals surface area contributed by atoms with Crippen molar-refractivity contribution in [2.24, 2.45) is 0 Å². The van der Waals surface area contributed by atoms with Gasteiger partial charge in [0.05, 0.1) is 11.4 Å². The van der Waals surface area contributed by atoms with E-state index in [4.69, 9.17) is 4.52 Å². The number of para-hydroxylation sites is 1. The average Bonchev–Trinajstić information content (AvgIpc) is 2.86. The zero-order valence-electron chi connectivity index (χ0n) is 11.5. The first kappa shape index (κ1) is 13.0. The van der Waals surface area contributed by atoms with E-state index in [1.165, 1.54) is 16.1 Å². The van der Waals surface area contributed by atoms with Crippen LogP contribution in [0.2, 0.25) is 0 Å². The summed E-state index contributed by atoms with van der Waals surface area (Å²) in [5.74, 6) is 1.07. The summed E-state index contributed by atoms with van der Waals surface area (Å²) in [6.45, 7) is 1.83. The number of aromatic nitrogens is 1. The first-order valence-corrected chi connectivity index (χ1v) is 8.85. The Kier molecular flexibility index (Phi) is 2.56. The first-order chi connectivity index (χ1) is 10.0. The highest BCUT2D eigenvalue weighted by Crippen LogP contribution is 2.52. The van der Waals surface area contributed by atoms with Crippen LogP contribution in [0.25, 0.3) is 9.81 Å². The summed E-state index contributed by atoms with van der Waals surface area (Å²) in [7, 11) is -2.05. The van der Waals surface area contributed by atoms with Crippen molar-refractivity contribution in [2.45, 2.75) is 12.7 Å². The SMILES string of the molecule is Cc1noc2c1CSC1=C2S(=O)(=O)N(C)c2ccccc21. The first-order valence-electron chi connectivity index (χ1n) is 6.42. The number of hydrogen-bond donors (Lipinski definition) is 0. The molecule has 2 aliphatic heterocycles. The molecule has 7 heteroatoms. The molecule has 4 rings (SSSR count). The average molecular weight is 320 g/mol. The molecule has 1 aromatic heterocycles. The molecule has 0 saturated carbocycles. The molecule has 0 bridgehead atoms. The highest BCUT2D eigenvalue weighted by atomic mass is 32.2. The number of aryl methyl sites for hydroxylation is 1. The third-order valence-electron chi connectivity index (χ3n) is 3.86. The van der Waals surface area contributed by atoms with Crippen LogP contribution in [0.3, 0.4) is 0 Å². The van der Waals surface area contributed by atoms with E-state index in [0.29, 0.717) is 17.2 Å². The quantitative estimate of drug-likeness (QED) is 0.747. The smallest absolute Gasteiger partial charge is 0.269 e. The zero-order valence-corrected chi connectivity index (χ0v) is 13.1. The van der Waals surface area contributed by atoms with Crippen molar-refractivity contribution in [1.82, 2.24) is 5.16 Å². The molecule has 5 nitrogen and oxygen atoms in total. The Morgan fingerprint density at radius 2 is 2.10 bits per heavy atom. The molecule has 0 spiro atoms. The Labute approximate surface area is 126 Å². The standard InChI is InChI=1S/C14H12N2O3S2/c1-8-10-7-20-13-9-5-3-4-6-11(9)16(2)21(17,18)14(13)12(10)19-15-8/h3-6H,7H2,1-2H3. The molecule has 0 unspecified atom stereocenters. The minimum Gasteiger partial charge on any atom is -0.355 e. The lowest BCUT2D eigenvalue weighted by Crippen LogP contribution is -2.32. The summed E-state index contributed by atoms with van der Waals surface area (Å²) in [4.78, 5) is 1.00. The van der Waals surface area contributed by atoms with Crippen LogP contribution in [-0.2, 0) is 15.8 Å². The second-order valence-corrected chi connectivity index (χ2v) is 7.90. The van der Waals surface area contributed by atoms with Gasteiger partial charge in [-0.3, -0.25) is 4.31 Å². The molecular formula is C14H12N2O3S2. The number of thioether (sulfide) groups is 1. The lowest BCUT2D eigenvalue weighted by atomic mass is 10.1. The number of fused-ring (bicyclic) bond motifs is 4. The number of benzene rings is 1. The summed E-state index contributed by atoms with van der Waals surface area (Å²) < 4.78 is 32.3. The molecule has 3 heterocycles. The highest BCUT2D eigenvalue weighted by molar-refractivity contribution is 8.11. The molecule has 0 radical (unpaired) electrons. The van der Waals surface area contributed by atoms with Gasteiger partial charge in [-0.25, -0.2) is 8.42 Å². The molecule has 2 aliphatic rings. The molecule has 0 atom stereocenters. The summed E-state index contributed by atoms with van der Waals surface area (Å²) in [5.41, 5.74) is 3.24. The van der Waals surface area contributed by atoms with Crippen LogP contribution in [0.5, 0.6) is 0 Å². The second kappa shape index (κ2) is 4.14. The Hall–Kier alpha value is -1.73. The van der Waals surface area contributed by atoms with Gasteiger partial charge in [0.25, 0.3) is 10.0 Å². The number of anilines is 1. The molecule has 0 N–H and O–H groups in total. The summed E-state index contributed by atoms with van der Waals surface area (Å²) in [5, 5.41) is 3.93. The van der Waals surface area contributed by atoms with Gasteiger partial charge in [-0.15, -0.1) is 11.8 Å². The van der Waals surface area contributed by atoms with E-state index in [-0.39, 0.29) is 4.91 Å². The fraction of sp³-hybridized carbons (Fsp3) is 0.214. The second-order valence-electron chi connectivity index (χ2n) is 5.01. The molecule has 1 aromatic carbocycles. The lowest BCUT2D eigenvalue weighted by Gasteiger charge is -2.31. The Morgan fingerprint density at radius 3 is 2.90 bits per heavy atom. The normalized spacial score (nSPS) is 19.0. The van der Waals surface area contributed by atoms with Crippen LogP contribution in [-0.4, -0.2) is 20.6 Å². The van der Waals surface area contributed by atoms with Crippen LogP contribution < -0.4 is 4.31 Å². The minimum atomic E-state index is -3.62. The number of rotatable bonds is 0. The van der Waals surface area contributed by atoms with Gasteiger partial charge in [-0.2, -0.15) is 0 Å². The van der Waals surface area contributed by atoms with Crippen molar-refractivity contribution in [1.29, 1.82) is 0 Å². The largest absolute Gasteiger partial charge is 0.355 e. The maximum absolute atomic E-state index is 12.8. The van der Waals surface area contributed by atoms with E-state index in [2.05, 4.69) is 5.16 Å². The maximum Gasteiger partial charge on any atom is 0.269 e. The van der Waals surface area contributed by atoms with E-state index in [1.807, 2.05) is 31.2 Å². The molecule has 0 aliphatic carbocycles. The Morgan fingerprint density at radius 1 is 1.33 bits per heavy atom. The predicted molar refractivity (Wildman–Crippen MR) is 83.1 cm³/mol. The van der Waals surface area contributed by atoms with Crippen molar-refractivity contribution >= 4 is 37.3 Å². The Bertz CT molecular complexity index is 897. The van der Waals surface area contributed by atoms with Crippen LogP contribution in [0.15, 0.2) is 28.8 Å². The predicted octanol–water partition coefficient (Wildman–Crippen LogP) is 2.84. The third-order valence-corrected chi connectivity index (χ3v) is 6.96. The summed E-state index contributed by atoms with van der Waals surface area (Å²) >= 11 is 1.53.